The van der Waals surface area contributed by atoms with Crippen LogP contribution in [0.15, 0.2) is 42.5 Å². The van der Waals surface area contributed by atoms with Gasteiger partial charge in [0.05, 0.1) is 6.04 Å². The number of amides is 5. The van der Waals surface area contributed by atoms with Crippen molar-refractivity contribution in [1.29, 1.82) is 0 Å². The number of halogens is 2. The second kappa shape index (κ2) is 18.2. The molecule has 0 saturated carbocycles. The molecule has 9 atom stereocenters. The normalized spacial score (nSPS) is 28.2. The molecule has 0 aromatic heterocycles. The van der Waals surface area contributed by atoms with E-state index < -0.39 is 95.8 Å². The van der Waals surface area contributed by atoms with E-state index in [1.54, 1.807) is 24.3 Å². The maximum atomic E-state index is 14.7. The molecular formula is C41H53F2N7O8. The highest BCUT2D eigenvalue weighted by atomic mass is 19.1. The summed E-state index contributed by atoms with van der Waals surface area (Å²) in [5, 5.41) is 22.0. The number of benzene rings is 2. The van der Waals surface area contributed by atoms with Crippen LogP contribution in [0.25, 0.3) is 0 Å². The molecule has 2 aromatic carbocycles. The zero-order valence-electron chi connectivity index (χ0n) is 33.2. The molecule has 4 saturated heterocycles. The minimum absolute atomic E-state index is 0.0659. The fraction of sp³-hybridized carbons (Fsp3) is 0.561. The number of nitrogens with zero attached hydrogens (tertiary/aromatic N) is 3. The summed E-state index contributed by atoms with van der Waals surface area (Å²) >= 11 is 0. The van der Waals surface area contributed by atoms with Gasteiger partial charge in [-0.3, -0.25) is 29.3 Å². The van der Waals surface area contributed by atoms with Crippen LogP contribution in [0.2, 0.25) is 0 Å². The molecule has 17 heteroatoms. The first-order valence-electron chi connectivity index (χ1n) is 20.0. The summed E-state index contributed by atoms with van der Waals surface area (Å²) in [6.45, 7) is 7.32. The summed E-state index contributed by atoms with van der Waals surface area (Å²) in [4.78, 5) is 88.9. The van der Waals surface area contributed by atoms with E-state index in [4.69, 9.17) is 4.74 Å². The van der Waals surface area contributed by atoms with Gasteiger partial charge < -0.3 is 40.5 Å². The highest BCUT2D eigenvalue weighted by molar-refractivity contribution is 5.97. The summed E-state index contributed by atoms with van der Waals surface area (Å²) in [5.74, 6) is -5.77. The Morgan fingerprint density at radius 3 is 2.22 bits per heavy atom. The molecule has 4 fully saturated rings. The minimum Gasteiger partial charge on any atom is -0.458 e. The highest BCUT2D eigenvalue weighted by Crippen LogP contribution is 2.29. The number of aliphatic hydroxyl groups is 1. The van der Waals surface area contributed by atoms with Gasteiger partial charge in [0.2, 0.25) is 29.5 Å². The van der Waals surface area contributed by atoms with Crippen molar-refractivity contribution in [3.8, 4) is 0 Å². The van der Waals surface area contributed by atoms with Crippen molar-refractivity contribution in [3.05, 3.63) is 65.2 Å². The van der Waals surface area contributed by atoms with Crippen LogP contribution in [0.3, 0.4) is 0 Å². The second-order valence-electron chi connectivity index (χ2n) is 16.1. The average Bonchev–Trinajstić information content (AvgIpc) is 3.83. The quantitative estimate of drug-likeness (QED) is 0.194. The maximum absolute atomic E-state index is 14.7. The molecule has 2 aromatic rings. The summed E-state index contributed by atoms with van der Waals surface area (Å²) in [6, 6.07) is 2.84. The Balaban J connectivity index is 1.34. The summed E-state index contributed by atoms with van der Waals surface area (Å²) in [5.41, 5.74) is 1.53. The lowest BCUT2D eigenvalue weighted by Crippen LogP contribution is -2.63. The van der Waals surface area contributed by atoms with E-state index in [1.165, 1.54) is 28.5 Å². The van der Waals surface area contributed by atoms with Gasteiger partial charge in [0.15, 0.2) is 6.35 Å². The van der Waals surface area contributed by atoms with Gasteiger partial charge in [-0.2, -0.15) is 0 Å². The minimum atomic E-state index is -1.59. The molecule has 4 aliphatic rings. The third kappa shape index (κ3) is 9.74. The highest BCUT2D eigenvalue weighted by Gasteiger charge is 2.47. The number of carbonyl (C=O) groups is 6. The number of cyclic esters (lactones) is 1. The number of hydrogen-bond donors (Lipinski definition) is 5. The monoisotopic (exact) mass is 809 g/mol. The Hall–Kier alpha value is -5.16. The third-order valence-electron chi connectivity index (χ3n) is 11.4. The van der Waals surface area contributed by atoms with Crippen LogP contribution in [0, 0.1) is 24.5 Å². The van der Waals surface area contributed by atoms with Gasteiger partial charge in [0, 0.05) is 31.4 Å². The number of esters is 1. The van der Waals surface area contributed by atoms with Crippen LogP contribution in [-0.4, -0.2) is 124 Å². The number of ether oxygens (including phenoxy) is 1. The molecule has 4 heterocycles. The first-order valence-corrected chi connectivity index (χ1v) is 20.0. The van der Waals surface area contributed by atoms with Crippen molar-refractivity contribution in [2.24, 2.45) is 5.92 Å². The molecular weight excluding hydrogens is 756 g/mol. The first kappa shape index (κ1) is 42.4. The fourth-order valence-electron chi connectivity index (χ4n) is 8.45. The van der Waals surface area contributed by atoms with Gasteiger partial charge in [-0.15, -0.1) is 0 Å². The van der Waals surface area contributed by atoms with Crippen molar-refractivity contribution in [2.45, 2.75) is 121 Å². The molecule has 5 amide bonds. The second-order valence-corrected chi connectivity index (χ2v) is 16.1. The summed E-state index contributed by atoms with van der Waals surface area (Å²) in [6.07, 6.45) is -0.613. The number of fused-ring (bicyclic) bond motifs is 3. The first-order chi connectivity index (χ1) is 27.6. The Labute approximate surface area is 336 Å². The summed E-state index contributed by atoms with van der Waals surface area (Å²) < 4.78 is 34.6. The number of hydrogen-bond acceptors (Lipinski definition) is 10. The zero-order valence-corrected chi connectivity index (χ0v) is 33.2. The Bertz CT molecular complexity index is 1860. The van der Waals surface area contributed by atoms with Crippen LogP contribution < -0.4 is 21.3 Å². The molecule has 15 nitrogen and oxygen atoms in total. The Morgan fingerprint density at radius 1 is 0.862 bits per heavy atom. The van der Waals surface area contributed by atoms with Crippen molar-refractivity contribution in [1.82, 2.24) is 30.7 Å². The largest absolute Gasteiger partial charge is 0.458 e. The van der Waals surface area contributed by atoms with Gasteiger partial charge in [-0.25, -0.2) is 13.6 Å². The van der Waals surface area contributed by atoms with Crippen molar-refractivity contribution < 1.29 is 47.4 Å². The number of anilines is 1. The number of rotatable bonds is 8. The number of piperidine rings is 1. The SMILES string of the molecule is Cc1ccc(NC(O)N[C@@H](Cc2cc(F)cc(F)c2)C(=O)N[C@@H]2C(=O)N3CCC[C@H]3C(=O)N3CCCC[C@H]3C(=O)N[C@@H](C)C(=O)N3C[C@H](C)C[C@H]3C(=O)O[C@H]2C)cc1. The van der Waals surface area contributed by atoms with Crippen LogP contribution in [0.5, 0.6) is 0 Å². The van der Waals surface area contributed by atoms with Gasteiger partial charge >= 0.3 is 5.97 Å². The van der Waals surface area contributed by atoms with E-state index in [9.17, 15) is 42.7 Å². The third-order valence-corrected chi connectivity index (χ3v) is 11.4. The Morgan fingerprint density at radius 2 is 1.52 bits per heavy atom. The van der Waals surface area contributed by atoms with E-state index in [2.05, 4.69) is 21.3 Å². The number of aryl methyl sites for hydroxylation is 1. The fourth-order valence-corrected chi connectivity index (χ4v) is 8.45. The van der Waals surface area contributed by atoms with E-state index in [0.717, 1.165) is 17.7 Å². The average molecular weight is 810 g/mol. The van der Waals surface area contributed by atoms with Gasteiger partial charge in [-0.05, 0) is 101 Å². The van der Waals surface area contributed by atoms with Crippen LogP contribution >= 0.6 is 0 Å². The lowest BCUT2D eigenvalue weighted by molar-refractivity contribution is -0.163. The molecule has 1 unspecified atom stereocenters. The standard InChI is InChI=1S/C41H53F2N7O8/c1-22-10-12-29(13-11-22)45-41(57)46-30(19-26-17-27(42)20-28(43)18-26)35(51)47-34-25(4)58-40(56)33-16-23(2)21-50(33)37(53)24(3)44-36(52)31-8-5-6-14-48(31)38(54)32-9-7-15-49(32)39(34)55/h10-13,17-18,20,23-25,30-34,41,45-46,57H,5-9,14-16,19,21H2,1-4H3,(H,44,52)(H,47,51)/t23-,24+,25+,30+,31+,32+,33+,34+,41?/m1/s1. The van der Waals surface area contributed by atoms with Crippen molar-refractivity contribution >= 4 is 41.2 Å². The molecule has 0 radical (unpaired) electrons. The molecule has 4 aliphatic heterocycles. The van der Waals surface area contributed by atoms with Crippen molar-refractivity contribution in [3.63, 3.8) is 0 Å². The van der Waals surface area contributed by atoms with Gasteiger partial charge in [-0.1, -0.05) is 24.6 Å². The van der Waals surface area contributed by atoms with Crippen LogP contribution in [0.4, 0.5) is 14.5 Å². The topological polar surface area (TPSA) is 190 Å². The van der Waals surface area contributed by atoms with Crippen LogP contribution in [-0.2, 0) is 39.9 Å². The smallest absolute Gasteiger partial charge is 0.329 e. The molecule has 0 spiro atoms. The molecule has 58 heavy (non-hydrogen) atoms. The molecule has 0 aliphatic carbocycles. The van der Waals surface area contributed by atoms with Gasteiger partial charge in [0.25, 0.3) is 0 Å². The van der Waals surface area contributed by atoms with E-state index in [0.29, 0.717) is 37.4 Å². The number of carbonyl (C=O) groups excluding carboxylic acids is 6. The molecule has 6 rings (SSSR count). The number of aliphatic hydroxyl groups excluding tert-OH is 1. The summed E-state index contributed by atoms with van der Waals surface area (Å²) in [7, 11) is 0. The van der Waals surface area contributed by atoms with E-state index in [1.807, 2.05) is 13.8 Å². The predicted molar refractivity (Wildman–Crippen MR) is 206 cm³/mol. The number of nitrogens with one attached hydrogen (secondary N) is 4. The van der Waals surface area contributed by atoms with E-state index in [-0.39, 0.29) is 50.4 Å². The maximum Gasteiger partial charge on any atom is 0.329 e. The van der Waals surface area contributed by atoms with E-state index >= 15 is 0 Å². The van der Waals surface area contributed by atoms with Crippen LogP contribution in [0.1, 0.15) is 70.4 Å². The lowest BCUT2D eigenvalue weighted by atomic mass is 9.99. The molecule has 5 N–H and O–H groups in total. The lowest BCUT2D eigenvalue weighted by Gasteiger charge is -2.39. The zero-order chi connectivity index (χ0) is 41.8. The predicted octanol–water partition coefficient (Wildman–Crippen LogP) is 1.71. The molecule has 0 bridgehead atoms. The molecule has 314 valence electrons. The van der Waals surface area contributed by atoms with Crippen molar-refractivity contribution in [2.75, 3.05) is 25.0 Å². The Kier molecular flexibility index (Phi) is 13.3. The van der Waals surface area contributed by atoms with Gasteiger partial charge in [0.1, 0.15) is 47.9 Å².